The third kappa shape index (κ3) is 4.20. The Morgan fingerprint density at radius 3 is 2.04 bits per heavy atom. The van der Waals surface area contributed by atoms with Crippen molar-refractivity contribution in [3.05, 3.63) is 47.5 Å². The summed E-state index contributed by atoms with van der Waals surface area (Å²) < 4.78 is 49.3. The summed E-state index contributed by atoms with van der Waals surface area (Å²) in [6.07, 6.45) is 0. The molecule has 8 nitrogen and oxygen atoms in total. The average molecular weight is 411 g/mol. The lowest BCUT2D eigenvalue weighted by molar-refractivity contribution is 0.600. The van der Waals surface area contributed by atoms with Crippen molar-refractivity contribution in [3.8, 4) is 0 Å². The normalized spacial score (nSPS) is 17.4. The summed E-state index contributed by atoms with van der Waals surface area (Å²) in [7, 11) is -6.30. The van der Waals surface area contributed by atoms with Crippen molar-refractivity contribution in [3.63, 3.8) is 0 Å². The molecule has 2 aliphatic rings. The van der Waals surface area contributed by atoms with Crippen molar-refractivity contribution in [2.24, 2.45) is 4.99 Å². The minimum atomic E-state index is -3.18. The van der Waals surface area contributed by atoms with Crippen LogP contribution in [0, 0.1) is 0 Å². The van der Waals surface area contributed by atoms with Crippen LogP contribution in [0.1, 0.15) is 11.1 Å². The second-order valence-electron chi connectivity index (χ2n) is 5.68. The Balaban J connectivity index is 0.000000152. The monoisotopic (exact) mass is 410 g/mol. The Labute approximate surface area is 156 Å². The van der Waals surface area contributed by atoms with Crippen LogP contribution in [0.4, 0.5) is 22.7 Å². The largest absolute Gasteiger partial charge is 0.399 e. The van der Waals surface area contributed by atoms with Crippen molar-refractivity contribution in [1.82, 2.24) is 0 Å². The highest BCUT2D eigenvalue weighted by molar-refractivity contribution is 7.92. The fraction of sp³-hybridized carbons (Fsp3) is 0.133. The fourth-order valence-corrected chi connectivity index (χ4v) is 5.19. The van der Waals surface area contributed by atoms with Crippen LogP contribution < -0.4 is 15.2 Å². The molecule has 26 heavy (non-hydrogen) atoms. The van der Waals surface area contributed by atoms with Gasteiger partial charge in [0.2, 0.25) is 20.0 Å². The molecule has 2 aliphatic heterocycles. The zero-order chi connectivity index (χ0) is 18.9. The van der Waals surface area contributed by atoms with Crippen molar-refractivity contribution >= 4 is 60.2 Å². The summed E-state index contributed by atoms with van der Waals surface area (Å²) in [5.74, 6) is 0.0382. The quantitative estimate of drug-likeness (QED) is 0.375. The molecular formula is C15H14N4O4S3. The molecule has 2 aromatic rings. The molecule has 0 atom stereocenters. The molecule has 11 heteroatoms. The van der Waals surface area contributed by atoms with E-state index >= 15 is 0 Å². The van der Waals surface area contributed by atoms with Gasteiger partial charge in [-0.1, -0.05) is 0 Å². The zero-order valence-electron chi connectivity index (χ0n) is 13.3. The van der Waals surface area contributed by atoms with Gasteiger partial charge in [-0.3, -0.25) is 9.44 Å². The molecule has 0 fully saturated rings. The number of hydrogen-bond acceptors (Lipinski definition) is 7. The molecule has 0 saturated heterocycles. The zero-order valence-corrected chi connectivity index (χ0v) is 15.7. The highest BCUT2D eigenvalue weighted by Gasteiger charge is 2.23. The molecule has 0 unspecified atom stereocenters. The van der Waals surface area contributed by atoms with E-state index in [1.165, 1.54) is 0 Å². The maximum Gasteiger partial charge on any atom is 0.237 e. The molecule has 2 heterocycles. The van der Waals surface area contributed by atoms with Gasteiger partial charge in [0, 0.05) is 5.69 Å². The van der Waals surface area contributed by atoms with Gasteiger partial charge in [0.1, 0.15) is 0 Å². The fourth-order valence-electron chi connectivity index (χ4n) is 2.57. The minimum absolute atomic E-state index is 0.00310. The number of thiocarbonyl (C=S) groups is 1. The number of hydrogen-bond donors (Lipinski definition) is 3. The van der Waals surface area contributed by atoms with Gasteiger partial charge < -0.3 is 5.73 Å². The Kier molecular flexibility index (Phi) is 4.72. The summed E-state index contributed by atoms with van der Waals surface area (Å²) in [4.78, 5) is 3.77. The summed E-state index contributed by atoms with van der Waals surface area (Å²) in [6, 6.07) is 10.1. The van der Waals surface area contributed by atoms with Crippen molar-refractivity contribution in [1.29, 1.82) is 0 Å². The number of aliphatic imine (C=N–C) groups is 1. The van der Waals surface area contributed by atoms with E-state index in [1.807, 2.05) is 0 Å². The number of nitrogens with zero attached hydrogens (tertiary/aromatic N) is 1. The number of rotatable bonds is 1. The van der Waals surface area contributed by atoms with Crippen LogP contribution in [0.25, 0.3) is 0 Å². The molecule has 0 saturated carbocycles. The molecule has 2 aromatic carbocycles. The molecule has 0 radical (unpaired) electrons. The number of fused-ring (bicyclic) bond motifs is 2. The van der Waals surface area contributed by atoms with E-state index in [-0.39, 0.29) is 11.5 Å². The summed E-state index contributed by atoms with van der Waals surface area (Å²) >= 11 is 4.46. The van der Waals surface area contributed by atoms with Crippen LogP contribution in [0.2, 0.25) is 0 Å². The van der Waals surface area contributed by atoms with Gasteiger partial charge in [-0.15, -0.1) is 0 Å². The Bertz CT molecular complexity index is 1140. The van der Waals surface area contributed by atoms with E-state index in [1.54, 1.807) is 36.4 Å². The van der Waals surface area contributed by atoms with E-state index in [0.717, 1.165) is 11.1 Å². The standard InChI is InChI=1S/C8H6N2O2S2.C7H8N2O2S/c11-14(12)4-6-3-7(9-5-13)1-2-8(6)10-14;8-6-1-2-7-5(3-6)4-12(10,11)9-7/h1-3,10H,4H2;1-3,9H,4,8H2. The average Bonchev–Trinajstić information content (AvgIpc) is 3.00. The van der Waals surface area contributed by atoms with E-state index in [4.69, 9.17) is 5.73 Å². The number of anilines is 3. The predicted molar refractivity (Wildman–Crippen MR) is 104 cm³/mol. The number of benzene rings is 2. The third-order valence-corrected chi connectivity index (χ3v) is 6.15. The van der Waals surface area contributed by atoms with Crippen LogP contribution in [0.5, 0.6) is 0 Å². The Morgan fingerprint density at radius 2 is 1.46 bits per heavy atom. The number of sulfonamides is 2. The molecule has 0 aromatic heterocycles. The molecule has 0 bridgehead atoms. The van der Waals surface area contributed by atoms with Gasteiger partial charge >= 0.3 is 0 Å². The van der Waals surface area contributed by atoms with Gasteiger partial charge in [-0.05, 0) is 59.7 Å². The van der Waals surface area contributed by atoms with E-state index in [9.17, 15) is 16.8 Å². The van der Waals surface area contributed by atoms with E-state index in [2.05, 4.69) is 31.8 Å². The first kappa shape index (κ1) is 18.3. The van der Waals surface area contributed by atoms with E-state index in [0.29, 0.717) is 22.7 Å². The van der Waals surface area contributed by atoms with Crippen LogP contribution in [0.3, 0.4) is 0 Å². The van der Waals surface area contributed by atoms with Crippen LogP contribution >= 0.6 is 12.2 Å². The van der Waals surface area contributed by atoms with Gasteiger partial charge in [0.25, 0.3) is 0 Å². The van der Waals surface area contributed by atoms with Crippen LogP contribution in [0.15, 0.2) is 41.4 Å². The molecule has 136 valence electrons. The SMILES string of the molecule is Nc1ccc2c(c1)CS(=O)(=O)N2.O=S1(=O)Cc2cc(N=C=S)ccc2N1. The molecule has 4 rings (SSSR count). The maximum atomic E-state index is 11.2. The number of isothiocyanates is 1. The lowest BCUT2D eigenvalue weighted by Crippen LogP contribution is -2.05. The highest BCUT2D eigenvalue weighted by atomic mass is 32.2. The topological polar surface area (TPSA) is 131 Å². The van der Waals surface area contributed by atoms with Gasteiger partial charge in [-0.2, -0.15) is 4.99 Å². The second-order valence-corrected chi connectivity index (χ2v) is 9.31. The molecule has 0 amide bonds. The minimum Gasteiger partial charge on any atom is -0.399 e. The first-order valence-electron chi connectivity index (χ1n) is 7.28. The number of nitrogen functional groups attached to an aromatic ring is 1. The lowest BCUT2D eigenvalue weighted by atomic mass is 10.2. The van der Waals surface area contributed by atoms with E-state index < -0.39 is 20.0 Å². The third-order valence-electron chi connectivity index (χ3n) is 3.61. The summed E-state index contributed by atoms with van der Waals surface area (Å²) in [5.41, 5.74) is 9.44. The molecule has 0 spiro atoms. The first-order valence-corrected chi connectivity index (χ1v) is 11.0. The summed E-state index contributed by atoms with van der Waals surface area (Å²) in [5, 5.41) is 2.23. The number of nitrogens with one attached hydrogen (secondary N) is 2. The van der Waals surface area contributed by atoms with Crippen molar-refractivity contribution in [2.45, 2.75) is 11.5 Å². The molecule has 0 aliphatic carbocycles. The summed E-state index contributed by atoms with van der Waals surface area (Å²) in [6.45, 7) is 0. The van der Waals surface area contributed by atoms with Crippen LogP contribution in [-0.2, 0) is 31.6 Å². The van der Waals surface area contributed by atoms with Crippen molar-refractivity contribution in [2.75, 3.05) is 15.2 Å². The maximum absolute atomic E-state index is 11.2. The van der Waals surface area contributed by atoms with Gasteiger partial charge in [0.15, 0.2) is 0 Å². The Hall–Kier alpha value is -2.46. The first-order chi connectivity index (χ1) is 12.2. The number of nitrogens with two attached hydrogens (primary N) is 1. The Morgan fingerprint density at radius 1 is 0.923 bits per heavy atom. The lowest BCUT2D eigenvalue weighted by Gasteiger charge is -1.97. The predicted octanol–water partition coefficient (Wildman–Crippen LogP) is 2.20. The smallest absolute Gasteiger partial charge is 0.237 e. The molecule has 4 N–H and O–H groups in total. The second kappa shape index (κ2) is 6.69. The van der Waals surface area contributed by atoms with Gasteiger partial charge in [-0.25, -0.2) is 16.8 Å². The van der Waals surface area contributed by atoms with Gasteiger partial charge in [0.05, 0.1) is 33.7 Å². The van der Waals surface area contributed by atoms with Crippen LogP contribution in [-0.4, -0.2) is 22.0 Å². The molecular weight excluding hydrogens is 396 g/mol. The van der Waals surface area contributed by atoms with Crippen molar-refractivity contribution < 1.29 is 16.8 Å². The highest BCUT2D eigenvalue weighted by Crippen LogP contribution is 2.30.